The summed E-state index contributed by atoms with van der Waals surface area (Å²) in [6.07, 6.45) is 1.73. The molecule has 0 amide bonds. The van der Waals surface area contributed by atoms with Gasteiger partial charge in [-0.05, 0) is 32.4 Å². The number of nitrogen functional groups attached to an aromatic ring is 1. The largest absolute Gasteiger partial charge is 0.340 e. The normalized spacial score (nSPS) is 10.2. The average Bonchev–Trinajstić information content (AvgIpc) is 2.35. The molecule has 4 N–H and O–H groups in total. The van der Waals surface area contributed by atoms with Crippen molar-refractivity contribution in [2.75, 3.05) is 10.7 Å². The number of rotatable bonds is 3. The van der Waals surface area contributed by atoms with E-state index >= 15 is 0 Å². The Hall–Kier alpha value is -2.14. The lowest BCUT2D eigenvalue weighted by molar-refractivity contribution is 1.09. The van der Waals surface area contributed by atoms with Crippen LogP contribution in [0.4, 0.5) is 17.5 Å². The molecule has 18 heavy (non-hydrogen) atoms. The summed E-state index contributed by atoms with van der Waals surface area (Å²) in [5.41, 5.74) is 6.86. The first kappa shape index (κ1) is 12.3. The third-order valence-electron chi connectivity index (χ3n) is 2.74. The molecule has 0 radical (unpaired) electrons. The molecule has 1 aromatic heterocycles. The Morgan fingerprint density at radius 3 is 2.56 bits per heavy atom. The van der Waals surface area contributed by atoms with Gasteiger partial charge in [0.1, 0.15) is 5.82 Å². The Morgan fingerprint density at radius 1 is 1.11 bits per heavy atom. The van der Waals surface area contributed by atoms with Gasteiger partial charge in [0, 0.05) is 17.4 Å². The Balaban J connectivity index is 2.33. The van der Waals surface area contributed by atoms with E-state index in [1.165, 1.54) is 11.1 Å². The van der Waals surface area contributed by atoms with Crippen molar-refractivity contribution in [3.63, 3.8) is 0 Å². The molecule has 0 unspecified atom stereocenters. The molecule has 1 aromatic carbocycles. The van der Waals surface area contributed by atoms with Crippen LogP contribution in [0.2, 0.25) is 0 Å². The molecular weight excluding hydrogens is 226 g/mol. The van der Waals surface area contributed by atoms with Gasteiger partial charge in [0.15, 0.2) is 0 Å². The molecule has 0 bridgehead atoms. The molecular formula is C13H17N5. The number of hydrazine groups is 1. The van der Waals surface area contributed by atoms with Crippen LogP contribution >= 0.6 is 0 Å². The summed E-state index contributed by atoms with van der Waals surface area (Å²) in [6, 6.07) is 6.23. The first-order chi connectivity index (χ1) is 8.60. The fraction of sp³-hybridized carbons (Fsp3) is 0.231. The highest BCUT2D eigenvalue weighted by molar-refractivity contribution is 5.63. The lowest BCUT2D eigenvalue weighted by atomic mass is 10.1. The first-order valence-corrected chi connectivity index (χ1v) is 5.74. The highest BCUT2D eigenvalue weighted by atomic mass is 15.3. The highest BCUT2D eigenvalue weighted by Gasteiger charge is 2.05. The van der Waals surface area contributed by atoms with E-state index < -0.39 is 0 Å². The standard InChI is InChI=1S/C13H17N5/c1-8-4-5-11(9(2)6-8)16-12-10(3)7-15-13(17-12)18-14/h4-7H,14H2,1-3H3,(H2,15,16,17,18). The second-order valence-electron chi connectivity index (χ2n) is 4.31. The van der Waals surface area contributed by atoms with Gasteiger partial charge in [0.05, 0.1) is 0 Å². The number of aromatic nitrogens is 2. The lowest BCUT2D eigenvalue weighted by Crippen LogP contribution is -2.11. The minimum absolute atomic E-state index is 0.396. The highest BCUT2D eigenvalue weighted by Crippen LogP contribution is 2.22. The van der Waals surface area contributed by atoms with Crippen molar-refractivity contribution < 1.29 is 0 Å². The molecule has 0 aliphatic carbocycles. The summed E-state index contributed by atoms with van der Waals surface area (Å²) < 4.78 is 0. The molecule has 1 heterocycles. The van der Waals surface area contributed by atoms with Crippen LogP contribution in [0.1, 0.15) is 16.7 Å². The van der Waals surface area contributed by atoms with Gasteiger partial charge < -0.3 is 5.32 Å². The van der Waals surface area contributed by atoms with Gasteiger partial charge >= 0.3 is 0 Å². The van der Waals surface area contributed by atoms with E-state index in [0.717, 1.165) is 17.1 Å². The summed E-state index contributed by atoms with van der Waals surface area (Å²) >= 11 is 0. The average molecular weight is 243 g/mol. The molecule has 0 aliphatic rings. The van der Waals surface area contributed by atoms with Crippen molar-refractivity contribution in [2.24, 2.45) is 5.84 Å². The summed E-state index contributed by atoms with van der Waals surface area (Å²) in [6.45, 7) is 6.09. The Kier molecular flexibility index (Phi) is 3.43. The van der Waals surface area contributed by atoms with Crippen LogP contribution in [-0.4, -0.2) is 9.97 Å². The topological polar surface area (TPSA) is 75.9 Å². The molecule has 5 nitrogen and oxygen atoms in total. The maximum absolute atomic E-state index is 5.31. The van der Waals surface area contributed by atoms with Gasteiger partial charge in [-0.3, -0.25) is 5.43 Å². The van der Waals surface area contributed by atoms with Crippen molar-refractivity contribution in [3.8, 4) is 0 Å². The smallest absolute Gasteiger partial charge is 0.239 e. The third-order valence-corrected chi connectivity index (χ3v) is 2.74. The van der Waals surface area contributed by atoms with E-state index in [-0.39, 0.29) is 0 Å². The number of hydrogen-bond donors (Lipinski definition) is 3. The summed E-state index contributed by atoms with van der Waals surface area (Å²) in [7, 11) is 0. The van der Waals surface area contributed by atoms with E-state index in [4.69, 9.17) is 5.84 Å². The zero-order valence-corrected chi connectivity index (χ0v) is 10.8. The fourth-order valence-electron chi connectivity index (χ4n) is 1.72. The Labute approximate surface area is 106 Å². The number of aryl methyl sites for hydroxylation is 3. The predicted molar refractivity (Wildman–Crippen MR) is 73.8 cm³/mol. The molecule has 94 valence electrons. The lowest BCUT2D eigenvalue weighted by Gasteiger charge is -2.12. The summed E-state index contributed by atoms with van der Waals surface area (Å²) in [5.74, 6) is 6.46. The zero-order chi connectivity index (χ0) is 13.1. The van der Waals surface area contributed by atoms with E-state index in [9.17, 15) is 0 Å². The number of hydrogen-bond acceptors (Lipinski definition) is 5. The van der Waals surface area contributed by atoms with Crippen LogP contribution in [0.25, 0.3) is 0 Å². The third kappa shape index (κ3) is 2.57. The predicted octanol–water partition coefficient (Wildman–Crippen LogP) is 2.43. The molecule has 5 heteroatoms. The van der Waals surface area contributed by atoms with Crippen LogP contribution in [0.3, 0.4) is 0 Å². The number of benzene rings is 1. The number of nitrogens with one attached hydrogen (secondary N) is 2. The molecule has 2 aromatic rings. The van der Waals surface area contributed by atoms with E-state index in [0.29, 0.717) is 5.95 Å². The first-order valence-electron chi connectivity index (χ1n) is 5.74. The van der Waals surface area contributed by atoms with Crippen LogP contribution in [-0.2, 0) is 0 Å². The number of nitrogens with zero attached hydrogens (tertiary/aromatic N) is 2. The molecule has 0 aliphatic heterocycles. The van der Waals surface area contributed by atoms with E-state index in [1.54, 1.807) is 6.20 Å². The fourth-order valence-corrected chi connectivity index (χ4v) is 1.72. The quantitative estimate of drug-likeness (QED) is 0.570. The molecule has 0 saturated carbocycles. The van der Waals surface area contributed by atoms with E-state index in [2.05, 4.69) is 46.7 Å². The van der Waals surface area contributed by atoms with Crippen molar-refractivity contribution in [3.05, 3.63) is 41.1 Å². The maximum Gasteiger partial charge on any atom is 0.239 e. The minimum atomic E-state index is 0.396. The molecule has 2 rings (SSSR count). The Morgan fingerprint density at radius 2 is 1.89 bits per heavy atom. The second-order valence-corrected chi connectivity index (χ2v) is 4.31. The molecule has 0 atom stereocenters. The van der Waals surface area contributed by atoms with Gasteiger partial charge in [-0.25, -0.2) is 10.8 Å². The van der Waals surface area contributed by atoms with Crippen molar-refractivity contribution in [1.82, 2.24) is 9.97 Å². The second kappa shape index (κ2) is 5.01. The van der Waals surface area contributed by atoms with Crippen LogP contribution < -0.4 is 16.6 Å². The number of nitrogens with two attached hydrogens (primary N) is 1. The van der Waals surface area contributed by atoms with Gasteiger partial charge in [0.2, 0.25) is 5.95 Å². The van der Waals surface area contributed by atoms with Gasteiger partial charge in [-0.15, -0.1) is 0 Å². The van der Waals surface area contributed by atoms with Crippen molar-refractivity contribution in [1.29, 1.82) is 0 Å². The van der Waals surface area contributed by atoms with Gasteiger partial charge in [-0.2, -0.15) is 4.98 Å². The number of anilines is 3. The monoisotopic (exact) mass is 243 g/mol. The molecule has 0 fully saturated rings. The van der Waals surface area contributed by atoms with Gasteiger partial charge in [-0.1, -0.05) is 17.7 Å². The maximum atomic E-state index is 5.31. The van der Waals surface area contributed by atoms with Crippen LogP contribution in [0.15, 0.2) is 24.4 Å². The van der Waals surface area contributed by atoms with Gasteiger partial charge in [0.25, 0.3) is 0 Å². The Bertz CT molecular complexity index is 565. The van der Waals surface area contributed by atoms with Crippen molar-refractivity contribution >= 4 is 17.5 Å². The molecule has 0 saturated heterocycles. The minimum Gasteiger partial charge on any atom is -0.340 e. The summed E-state index contributed by atoms with van der Waals surface area (Å²) in [4.78, 5) is 8.34. The summed E-state index contributed by atoms with van der Waals surface area (Å²) in [5, 5.41) is 3.30. The SMILES string of the molecule is Cc1ccc(Nc2nc(NN)ncc2C)c(C)c1. The molecule has 0 spiro atoms. The van der Waals surface area contributed by atoms with Crippen molar-refractivity contribution in [2.45, 2.75) is 20.8 Å². The van der Waals surface area contributed by atoms with Crippen LogP contribution in [0, 0.1) is 20.8 Å². The van der Waals surface area contributed by atoms with E-state index in [1.807, 2.05) is 13.0 Å². The zero-order valence-electron chi connectivity index (χ0n) is 10.8. The van der Waals surface area contributed by atoms with Crippen LogP contribution in [0.5, 0.6) is 0 Å².